The van der Waals surface area contributed by atoms with Crippen LogP contribution in [0, 0.1) is 15.9 Å². The molecule has 0 saturated carbocycles. The van der Waals surface area contributed by atoms with Gasteiger partial charge in [0.05, 0.1) is 17.2 Å². The fourth-order valence-electron chi connectivity index (χ4n) is 3.34. The normalized spacial score (nSPS) is 16.3. The second kappa shape index (κ2) is 7.70. The third kappa shape index (κ3) is 3.94. The highest BCUT2D eigenvalue weighted by molar-refractivity contribution is 5.60. The van der Waals surface area contributed by atoms with E-state index in [4.69, 9.17) is 4.74 Å². The summed E-state index contributed by atoms with van der Waals surface area (Å²) in [6, 6.07) is 11.5. The standard InChI is InChI=1S/C19H22FN3O3/c1-3-22-13-16(26-19-7-5-4-6-18(19)22)12-21(2)11-14-10-15(20)8-9-17(14)23(24)25/h4-10,16H,3,11-13H2,1-2H3/t16-/m0/s1. The van der Waals surface area contributed by atoms with E-state index in [1.54, 1.807) is 0 Å². The van der Waals surface area contributed by atoms with Gasteiger partial charge in [0.2, 0.25) is 0 Å². The number of nitro benzene ring substituents is 1. The maximum absolute atomic E-state index is 13.5. The first-order chi connectivity index (χ1) is 12.5. The number of fused-ring (bicyclic) bond motifs is 1. The average molecular weight is 359 g/mol. The van der Waals surface area contributed by atoms with Gasteiger partial charge in [-0.2, -0.15) is 0 Å². The summed E-state index contributed by atoms with van der Waals surface area (Å²) in [6.45, 7) is 4.57. The minimum absolute atomic E-state index is 0.0663. The molecule has 0 radical (unpaired) electrons. The Bertz CT molecular complexity index is 799. The molecule has 0 saturated heterocycles. The van der Waals surface area contributed by atoms with Crippen LogP contribution in [0.15, 0.2) is 42.5 Å². The van der Waals surface area contributed by atoms with Crippen LogP contribution in [0.2, 0.25) is 0 Å². The molecule has 1 atom stereocenters. The van der Waals surface area contributed by atoms with Gasteiger partial charge in [0.1, 0.15) is 17.7 Å². The van der Waals surface area contributed by atoms with Crippen LogP contribution in [-0.2, 0) is 6.54 Å². The van der Waals surface area contributed by atoms with Crippen LogP contribution >= 0.6 is 0 Å². The first kappa shape index (κ1) is 18.1. The van der Waals surface area contributed by atoms with Gasteiger partial charge in [-0.15, -0.1) is 0 Å². The number of nitro groups is 1. The molecule has 26 heavy (non-hydrogen) atoms. The van der Waals surface area contributed by atoms with Crippen LogP contribution in [0.1, 0.15) is 12.5 Å². The summed E-state index contributed by atoms with van der Waals surface area (Å²) in [5.74, 6) is 0.370. The molecule has 7 heteroatoms. The molecule has 3 rings (SSSR count). The van der Waals surface area contributed by atoms with Crippen LogP contribution in [0.3, 0.4) is 0 Å². The van der Waals surface area contributed by atoms with Gasteiger partial charge in [-0.3, -0.25) is 15.0 Å². The van der Waals surface area contributed by atoms with E-state index in [1.165, 1.54) is 12.1 Å². The summed E-state index contributed by atoms with van der Waals surface area (Å²) in [5, 5.41) is 11.2. The van der Waals surface area contributed by atoms with E-state index in [0.717, 1.165) is 30.6 Å². The summed E-state index contributed by atoms with van der Waals surface area (Å²) in [5.41, 5.74) is 1.37. The maximum Gasteiger partial charge on any atom is 0.274 e. The first-order valence-electron chi connectivity index (χ1n) is 8.60. The summed E-state index contributed by atoms with van der Waals surface area (Å²) < 4.78 is 19.6. The third-order valence-electron chi connectivity index (χ3n) is 4.50. The molecule has 0 bridgehead atoms. The van der Waals surface area contributed by atoms with Crippen molar-refractivity contribution in [3.63, 3.8) is 0 Å². The van der Waals surface area contributed by atoms with Crippen LogP contribution < -0.4 is 9.64 Å². The summed E-state index contributed by atoms with van der Waals surface area (Å²) in [7, 11) is 1.86. The van der Waals surface area contributed by atoms with E-state index in [1.807, 2.05) is 36.2 Å². The lowest BCUT2D eigenvalue weighted by atomic mass is 10.1. The van der Waals surface area contributed by atoms with Crippen molar-refractivity contribution in [1.29, 1.82) is 0 Å². The molecule has 138 valence electrons. The first-order valence-corrected chi connectivity index (χ1v) is 8.60. The minimum Gasteiger partial charge on any atom is -0.485 e. The highest BCUT2D eigenvalue weighted by atomic mass is 19.1. The van der Waals surface area contributed by atoms with Crippen molar-refractivity contribution in [2.45, 2.75) is 19.6 Å². The number of benzene rings is 2. The topological polar surface area (TPSA) is 58.9 Å². The number of anilines is 1. The van der Waals surface area contributed by atoms with Gasteiger partial charge in [-0.1, -0.05) is 12.1 Å². The Hall–Kier alpha value is -2.67. The van der Waals surface area contributed by atoms with E-state index < -0.39 is 10.7 Å². The molecule has 1 heterocycles. The largest absolute Gasteiger partial charge is 0.485 e. The minimum atomic E-state index is -0.477. The van der Waals surface area contributed by atoms with Gasteiger partial charge in [0.25, 0.3) is 5.69 Å². The molecule has 0 spiro atoms. The number of ether oxygens (including phenoxy) is 1. The summed E-state index contributed by atoms with van der Waals surface area (Å²) in [6.07, 6.45) is -0.0672. The molecular formula is C19H22FN3O3. The van der Waals surface area contributed by atoms with Gasteiger partial charge < -0.3 is 9.64 Å². The number of para-hydroxylation sites is 2. The summed E-state index contributed by atoms with van der Waals surface area (Å²) in [4.78, 5) is 14.9. The van der Waals surface area contributed by atoms with Crippen LogP contribution in [0.5, 0.6) is 5.75 Å². The lowest BCUT2D eigenvalue weighted by Crippen LogP contribution is -2.45. The zero-order valence-corrected chi connectivity index (χ0v) is 14.9. The second-order valence-corrected chi connectivity index (χ2v) is 6.47. The maximum atomic E-state index is 13.5. The number of halogens is 1. The smallest absolute Gasteiger partial charge is 0.274 e. The number of nitrogens with zero attached hydrogens (tertiary/aromatic N) is 3. The number of rotatable bonds is 6. The fraction of sp³-hybridized carbons (Fsp3) is 0.368. The van der Waals surface area contributed by atoms with E-state index in [9.17, 15) is 14.5 Å². The molecule has 1 aliphatic heterocycles. The lowest BCUT2D eigenvalue weighted by Gasteiger charge is -2.37. The molecular weight excluding hydrogens is 337 g/mol. The fourth-order valence-corrected chi connectivity index (χ4v) is 3.34. The van der Waals surface area contributed by atoms with Crippen molar-refractivity contribution < 1.29 is 14.1 Å². The van der Waals surface area contributed by atoms with Crippen molar-refractivity contribution in [2.75, 3.05) is 31.6 Å². The molecule has 1 aliphatic rings. The Labute approximate surface area is 151 Å². The Kier molecular flexibility index (Phi) is 5.37. The van der Waals surface area contributed by atoms with Crippen molar-refractivity contribution in [3.05, 3.63) is 64.0 Å². The quantitative estimate of drug-likeness (QED) is 0.584. The number of likely N-dealkylation sites (N-methyl/N-ethyl adjacent to an activating group) is 2. The molecule has 0 unspecified atom stereocenters. The van der Waals surface area contributed by atoms with E-state index in [2.05, 4.69) is 11.8 Å². The molecule has 0 N–H and O–H groups in total. The van der Waals surface area contributed by atoms with Crippen LogP contribution in [0.4, 0.5) is 15.8 Å². The molecule has 0 aliphatic carbocycles. The van der Waals surface area contributed by atoms with Crippen LogP contribution in [-0.4, -0.2) is 42.6 Å². The second-order valence-electron chi connectivity index (χ2n) is 6.47. The van der Waals surface area contributed by atoms with Gasteiger partial charge in [-0.05, 0) is 38.2 Å². The van der Waals surface area contributed by atoms with Gasteiger partial charge in [-0.25, -0.2) is 4.39 Å². The molecule has 0 amide bonds. The lowest BCUT2D eigenvalue weighted by molar-refractivity contribution is -0.385. The van der Waals surface area contributed by atoms with E-state index in [0.29, 0.717) is 12.1 Å². The van der Waals surface area contributed by atoms with Crippen LogP contribution in [0.25, 0.3) is 0 Å². The zero-order chi connectivity index (χ0) is 18.7. The average Bonchev–Trinajstić information content (AvgIpc) is 2.60. The Morgan fingerprint density at radius 1 is 1.35 bits per heavy atom. The summed E-state index contributed by atoms with van der Waals surface area (Å²) >= 11 is 0. The number of hydrogen-bond acceptors (Lipinski definition) is 5. The van der Waals surface area contributed by atoms with Crippen molar-refractivity contribution in [1.82, 2.24) is 4.90 Å². The van der Waals surface area contributed by atoms with Gasteiger partial charge in [0, 0.05) is 31.3 Å². The Morgan fingerprint density at radius 2 is 2.12 bits per heavy atom. The highest BCUT2D eigenvalue weighted by Gasteiger charge is 2.26. The van der Waals surface area contributed by atoms with Crippen molar-refractivity contribution in [2.24, 2.45) is 0 Å². The Morgan fingerprint density at radius 3 is 2.85 bits per heavy atom. The molecule has 2 aromatic carbocycles. The van der Waals surface area contributed by atoms with Crippen molar-refractivity contribution in [3.8, 4) is 5.75 Å². The molecule has 0 fully saturated rings. The molecule has 2 aromatic rings. The molecule has 0 aromatic heterocycles. The van der Waals surface area contributed by atoms with Gasteiger partial charge >= 0.3 is 0 Å². The molecule has 6 nitrogen and oxygen atoms in total. The highest BCUT2D eigenvalue weighted by Crippen LogP contribution is 2.33. The zero-order valence-electron chi connectivity index (χ0n) is 14.9. The van der Waals surface area contributed by atoms with E-state index in [-0.39, 0.29) is 18.3 Å². The van der Waals surface area contributed by atoms with Crippen molar-refractivity contribution >= 4 is 11.4 Å². The number of hydrogen-bond donors (Lipinski definition) is 0. The predicted octanol–water partition coefficient (Wildman–Crippen LogP) is 3.45. The monoisotopic (exact) mass is 359 g/mol. The SMILES string of the molecule is CCN1C[C@H](CN(C)Cc2cc(F)ccc2[N+](=O)[O-])Oc2ccccc21. The predicted molar refractivity (Wildman–Crippen MR) is 98.1 cm³/mol. The van der Waals surface area contributed by atoms with Gasteiger partial charge in [0.15, 0.2) is 0 Å². The Balaban J connectivity index is 1.70. The third-order valence-corrected chi connectivity index (χ3v) is 4.50. The van der Waals surface area contributed by atoms with E-state index >= 15 is 0 Å².